The van der Waals surface area contributed by atoms with Crippen LogP contribution in [0.5, 0.6) is 0 Å². The minimum atomic E-state index is -1.06. The molecule has 0 atom stereocenters. The van der Waals surface area contributed by atoms with E-state index in [4.69, 9.17) is 20.0 Å². The standard InChI is InChI=1S/C16H26N2O5/c1-6-22-14(19)12(9-17)13(23-10-11(2)3)18-8-7-16(4,5)15(20)21/h7-9,11,17-18H,6,10H2,1-5H3,(H,20,21)/p+1/b8-7+,13-12-,17-9?. The van der Waals surface area contributed by atoms with Crippen molar-refractivity contribution in [3.8, 4) is 0 Å². The molecule has 7 nitrogen and oxygen atoms in total. The highest BCUT2D eigenvalue weighted by atomic mass is 16.5. The summed E-state index contributed by atoms with van der Waals surface area (Å²) >= 11 is 0. The first-order chi connectivity index (χ1) is 10.7. The summed E-state index contributed by atoms with van der Waals surface area (Å²) in [4.78, 5) is 23.0. The Labute approximate surface area is 136 Å². The van der Waals surface area contributed by atoms with Gasteiger partial charge >= 0.3 is 11.9 Å². The van der Waals surface area contributed by atoms with E-state index in [1.165, 1.54) is 12.3 Å². The van der Waals surface area contributed by atoms with Gasteiger partial charge in [0, 0.05) is 6.20 Å². The Bertz CT molecular complexity index is 493. The van der Waals surface area contributed by atoms with E-state index in [0.717, 1.165) is 6.21 Å². The Kier molecular flexibility index (Phi) is 8.69. The number of carbonyl (C=O) groups excluding carboxylic acids is 1. The number of nitrogens with one attached hydrogen (secondary N) is 1. The second-order valence-corrected chi connectivity index (χ2v) is 5.84. The molecular formula is C16H27N2O5+. The highest BCUT2D eigenvalue weighted by molar-refractivity contribution is 6.08. The van der Waals surface area contributed by atoms with Crippen molar-refractivity contribution in [1.29, 1.82) is 0 Å². The van der Waals surface area contributed by atoms with Gasteiger partial charge in [-0.2, -0.15) is 0 Å². The number of carbonyl (C=O) groups is 2. The summed E-state index contributed by atoms with van der Waals surface area (Å²) in [6.45, 7) is 9.25. The van der Waals surface area contributed by atoms with E-state index in [1.807, 2.05) is 13.8 Å². The maximum atomic E-state index is 11.9. The molecule has 130 valence electrons. The van der Waals surface area contributed by atoms with Crippen LogP contribution in [-0.2, 0) is 19.1 Å². The summed E-state index contributed by atoms with van der Waals surface area (Å²) in [5.74, 6) is -1.24. The lowest BCUT2D eigenvalue weighted by atomic mass is 9.94. The third-order valence-corrected chi connectivity index (χ3v) is 2.73. The maximum absolute atomic E-state index is 11.9. The van der Waals surface area contributed by atoms with Crippen molar-refractivity contribution >= 4 is 18.2 Å². The number of ether oxygens (including phenoxy) is 2. The largest absolute Gasteiger partial charge is 0.481 e. The van der Waals surface area contributed by atoms with Crippen LogP contribution in [0.4, 0.5) is 0 Å². The van der Waals surface area contributed by atoms with E-state index in [9.17, 15) is 9.59 Å². The van der Waals surface area contributed by atoms with Crippen molar-refractivity contribution in [2.24, 2.45) is 11.3 Å². The zero-order chi connectivity index (χ0) is 18.0. The average molecular weight is 327 g/mol. The fourth-order valence-corrected chi connectivity index (χ4v) is 1.29. The monoisotopic (exact) mass is 327 g/mol. The van der Waals surface area contributed by atoms with Crippen LogP contribution in [0.2, 0.25) is 0 Å². The molecule has 0 rings (SSSR count). The Hall–Kier alpha value is -2.31. The molecule has 0 saturated carbocycles. The molecular weight excluding hydrogens is 300 g/mol. The summed E-state index contributed by atoms with van der Waals surface area (Å²) in [7, 11) is 0. The van der Waals surface area contributed by atoms with Gasteiger partial charge in [-0.15, -0.1) is 0 Å². The Morgan fingerprint density at radius 1 is 1.30 bits per heavy atom. The third kappa shape index (κ3) is 7.49. The molecule has 4 N–H and O–H groups in total. The molecule has 0 unspecified atom stereocenters. The van der Waals surface area contributed by atoms with Crippen molar-refractivity contribution < 1.29 is 29.6 Å². The summed E-state index contributed by atoms with van der Waals surface area (Å²) in [6.07, 6.45) is 3.96. The fourth-order valence-electron chi connectivity index (χ4n) is 1.29. The number of esters is 1. The van der Waals surface area contributed by atoms with Gasteiger partial charge < -0.3 is 19.9 Å². The van der Waals surface area contributed by atoms with E-state index >= 15 is 0 Å². The molecule has 0 aliphatic heterocycles. The molecule has 0 aliphatic carbocycles. The second-order valence-electron chi connectivity index (χ2n) is 5.84. The van der Waals surface area contributed by atoms with Crippen molar-refractivity contribution in [2.45, 2.75) is 34.6 Å². The number of nitrogens with two attached hydrogens (primary N) is 1. The van der Waals surface area contributed by atoms with Crippen LogP contribution in [0.1, 0.15) is 34.6 Å². The lowest BCUT2D eigenvalue weighted by molar-refractivity contribution is -0.144. The third-order valence-electron chi connectivity index (χ3n) is 2.73. The predicted octanol–water partition coefficient (Wildman–Crippen LogP) is 0.478. The summed E-state index contributed by atoms with van der Waals surface area (Å²) in [5, 5.41) is 17.3. The molecule has 0 saturated heterocycles. The maximum Gasteiger partial charge on any atom is 0.349 e. The van der Waals surface area contributed by atoms with Gasteiger partial charge in [0.25, 0.3) is 0 Å². The molecule has 0 amide bonds. The van der Waals surface area contributed by atoms with Gasteiger partial charge in [-0.25, -0.2) is 4.79 Å². The van der Waals surface area contributed by atoms with Crippen LogP contribution in [0.3, 0.4) is 0 Å². The average Bonchev–Trinajstić information content (AvgIpc) is 2.44. The summed E-state index contributed by atoms with van der Waals surface area (Å²) < 4.78 is 10.5. The first-order valence-electron chi connectivity index (χ1n) is 7.42. The van der Waals surface area contributed by atoms with Crippen LogP contribution < -0.4 is 10.7 Å². The van der Waals surface area contributed by atoms with E-state index in [2.05, 4.69) is 5.32 Å². The quantitative estimate of drug-likeness (QED) is 0.233. The van der Waals surface area contributed by atoms with Gasteiger partial charge in [0.2, 0.25) is 5.88 Å². The van der Waals surface area contributed by atoms with Gasteiger partial charge in [0.15, 0.2) is 11.8 Å². The summed E-state index contributed by atoms with van der Waals surface area (Å²) in [6, 6.07) is 0. The lowest BCUT2D eigenvalue weighted by Crippen LogP contribution is -2.35. The number of aliphatic carboxylic acids is 1. The lowest BCUT2D eigenvalue weighted by Gasteiger charge is -2.16. The zero-order valence-electron chi connectivity index (χ0n) is 14.4. The van der Waals surface area contributed by atoms with Gasteiger partial charge in [0.05, 0.1) is 18.6 Å². The minimum Gasteiger partial charge on any atom is -0.481 e. The fraction of sp³-hybridized carbons (Fsp3) is 0.562. The van der Waals surface area contributed by atoms with E-state index in [0.29, 0.717) is 6.61 Å². The Morgan fingerprint density at radius 3 is 2.35 bits per heavy atom. The van der Waals surface area contributed by atoms with Gasteiger partial charge in [-0.1, -0.05) is 19.9 Å². The topological polar surface area (TPSA) is 110 Å². The number of rotatable bonds is 10. The Morgan fingerprint density at radius 2 is 1.91 bits per heavy atom. The van der Waals surface area contributed by atoms with Crippen LogP contribution >= 0.6 is 0 Å². The van der Waals surface area contributed by atoms with Crippen LogP contribution in [-0.4, -0.2) is 36.5 Å². The smallest absolute Gasteiger partial charge is 0.349 e. The molecule has 0 heterocycles. The van der Waals surface area contributed by atoms with E-state index in [-0.39, 0.29) is 24.0 Å². The number of carboxylic acids is 1. The zero-order valence-corrected chi connectivity index (χ0v) is 14.4. The van der Waals surface area contributed by atoms with Crippen molar-refractivity contribution in [3.05, 3.63) is 23.7 Å². The molecule has 0 fully saturated rings. The van der Waals surface area contributed by atoms with Gasteiger partial charge in [0.1, 0.15) is 0 Å². The minimum absolute atomic E-state index is 0.0466. The van der Waals surface area contributed by atoms with Crippen molar-refractivity contribution in [1.82, 2.24) is 5.32 Å². The molecule has 0 radical (unpaired) electrons. The van der Waals surface area contributed by atoms with Crippen LogP contribution in [0.25, 0.3) is 0 Å². The summed E-state index contributed by atoms with van der Waals surface area (Å²) in [5.41, 5.74) is -1.02. The molecule has 0 bridgehead atoms. The second kappa shape index (κ2) is 9.66. The Balaban J connectivity index is 5.35. The molecule has 0 aromatic carbocycles. The van der Waals surface area contributed by atoms with Crippen LogP contribution in [0.15, 0.2) is 23.7 Å². The van der Waals surface area contributed by atoms with Gasteiger partial charge in [-0.05, 0) is 26.7 Å². The first kappa shape index (κ1) is 20.7. The predicted molar refractivity (Wildman–Crippen MR) is 86.1 cm³/mol. The molecule has 0 aromatic heterocycles. The molecule has 0 aliphatic rings. The van der Waals surface area contributed by atoms with Crippen molar-refractivity contribution in [3.63, 3.8) is 0 Å². The van der Waals surface area contributed by atoms with Crippen LogP contribution in [0, 0.1) is 11.3 Å². The van der Waals surface area contributed by atoms with Gasteiger partial charge in [-0.3, -0.25) is 10.2 Å². The molecule has 23 heavy (non-hydrogen) atoms. The molecule has 7 heteroatoms. The number of carboxylic acid groups (broad SMARTS) is 1. The van der Waals surface area contributed by atoms with E-state index < -0.39 is 17.4 Å². The molecule has 0 spiro atoms. The molecule has 0 aromatic rings. The van der Waals surface area contributed by atoms with Crippen molar-refractivity contribution in [2.75, 3.05) is 13.2 Å². The number of hydrogen-bond acceptors (Lipinski definition) is 5. The highest BCUT2D eigenvalue weighted by Crippen LogP contribution is 2.16. The normalized spacial score (nSPS) is 12.8. The first-order valence-corrected chi connectivity index (χ1v) is 7.42. The van der Waals surface area contributed by atoms with E-state index in [1.54, 1.807) is 20.8 Å². The number of hydrogen-bond donors (Lipinski definition) is 3. The SMILES string of the molecule is CCOC(=O)/C(C=[NH2+])=C(/N/C=C/C(C)(C)C(=O)O)OCC(C)C. The highest BCUT2D eigenvalue weighted by Gasteiger charge is 2.24.